The predicted octanol–water partition coefficient (Wildman–Crippen LogP) is 2.31. The molecule has 0 bridgehead atoms. The van der Waals surface area contributed by atoms with E-state index in [1.165, 1.54) is 11.0 Å². The third kappa shape index (κ3) is 3.84. The molecular weight excluding hydrogens is 346 g/mol. The predicted molar refractivity (Wildman–Crippen MR) is 97.9 cm³/mol. The van der Waals surface area contributed by atoms with E-state index in [0.717, 1.165) is 11.4 Å². The van der Waals surface area contributed by atoms with Crippen LogP contribution in [0.2, 0.25) is 0 Å². The number of aryl methyl sites for hydroxylation is 1. The standard InChI is InChI=1S/C19H19N5O3/c1-4-9-23-13(2)10-17(14(23)3)18(25)11-27-19(26)15-5-7-16(8-6-15)24-12-20-21-22-24/h4-8,10,12H,1,9,11H2,2-3H3. The van der Waals surface area contributed by atoms with E-state index in [1.807, 2.05) is 18.4 Å². The molecule has 0 saturated heterocycles. The first-order chi connectivity index (χ1) is 13.0. The van der Waals surface area contributed by atoms with Gasteiger partial charge in [-0.05, 0) is 54.6 Å². The van der Waals surface area contributed by atoms with Crippen molar-refractivity contribution in [1.29, 1.82) is 0 Å². The molecule has 8 nitrogen and oxygen atoms in total. The lowest BCUT2D eigenvalue weighted by molar-refractivity contribution is 0.0474. The summed E-state index contributed by atoms with van der Waals surface area (Å²) >= 11 is 0. The smallest absolute Gasteiger partial charge is 0.338 e. The fourth-order valence-electron chi connectivity index (χ4n) is 2.82. The molecule has 0 aliphatic carbocycles. The van der Waals surface area contributed by atoms with Crippen molar-refractivity contribution < 1.29 is 14.3 Å². The highest BCUT2D eigenvalue weighted by molar-refractivity contribution is 6.00. The summed E-state index contributed by atoms with van der Waals surface area (Å²) in [7, 11) is 0. The van der Waals surface area contributed by atoms with Crippen molar-refractivity contribution in [2.45, 2.75) is 20.4 Å². The Morgan fingerprint density at radius 1 is 1.22 bits per heavy atom. The van der Waals surface area contributed by atoms with Crippen LogP contribution in [-0.2, 0) is 11.3 Å². The Kier molecular flexibility index (Phi) is 5.25. The maximum atomic E-state index is 12.4. The molecule has 3 aromatic rings. The van der Waals surface area contributed by atoms with Crippen LogP contribution in [0.25, 0.3) is 5.69 Å². The summed E-state index contributed by atoms with van der Waals surface area (Å²) < 4.78 is 8.63. The molecule has 27 heavy (non-hydrogen) atoms. The van der Waals surface area contributed by atoms with Gasteiger partial charge in [0, 0.05) is 23.5 Å². The topological polar surface area (TPSA) is 91.9 Å². The van der Waals surface area contributed by atoms with Crippen molar-refractivity contribution in [2.75, 3.05) is 6.61 Å². The number of nitrogens with zero attached hydrogens (tertiary/aromatic N) is 5. The number of allylic oxidation sites excluding steroid dienone is 1. The van der Waals surface area contributed by atoms with Crippen molar-refractivity contribution in [1.82, 2.24) is 24.8 Å². The van der Waals surface area contributed by atoms with Crippen LogP contribution < -0.4 is 0 Å². The van der Waals surface area contributed by atoms with Crippen LogP contribution in [0.1, 0.15) is 32.1 Å². The highest BCUT2D eigenvalue weighted by Crippen LogP contribution is 2.16. The molecule has 8 heteroatoms. The summed E-state index contributed by atoms with van der Waals surface area (Å²) in [6.07, 6.45) is 3.22. The molecule has 0 atom stereocenters. The third-order valence-electron chi connectivity index (χ3n) is 4.24. The van der Waals surface area contributed by atoms with E-state index in [0.29, 0.717) is 23.4 Å². The molecule has 0 unspecified atom stereocenters. The largest absolute Gasteiger partial charge is 0.454 e. The minimum atomic E-state index is -0.563. The van der Waals surface area contributed by atoms with Crippen molar-refractivity contribution in [3.8, 4) is 5.69 Å². The number of ether oxygens (including phenoxy) is 1. The number of ketones is 1. The Hall–Kier alpha value is -3.55. The summed E-state index contributed by atoms with van der Waals surface area (Å²) in [4.78, 5) is 24.6. The van der Waals surface area contributed by atoms with Gasteiger partial charge in [-0.1, -0.05) is 6.08 Å². The molecule has 0 aliphatic heterocycles. The van der Waals surface area contributed by atoms with Gasteiger partial charge in [-0.2, -0.15) is 0 Å². The van der Waals surface area contributed by atoms with Gasteiger partial charge in [0.05, 0.1) is 11.3 Å². The number of rotatable bonds is 7. The Balaban J connectivity index is 1.64. The Morgan fingerprint density at radius 3 is 2.59 bits per heavy atom. The number of benzene rings is 1. The highest BCUT2D eigenvalue weighted by atomic mass is 16.5. The Morgan fingerprint density at radius 2 is 1.96 bits per heavy atom. The molecule has 0 radical (unpaired) electrons. The number of hydrogen-bond donors (Lipinski definition) is 0. The number of carbonyl (C=O) groups excluding carboxylic acids is 2. The molecule has 3 rings (SSSR count). The van der Waals surface area contributed by atoms with Gasteiger partial charge in [-0.25, -0.2) is 9.48 Å². The molecule has 2 aromatic heterocycles. The molecule has 0 saturated carbocycles. The summed E-state index contributed by atoms with van der Waals surface area (Å²) in [5.41, 5.74) is 3.40. The minimum absolute atomic E-state index is 0.239. The molecule has 138 valence electrons. The average Bonchev–Trinajstić information content (AvgIpc) is 3.30. The second-order valence-corrected chi connectivity index (χ2v) is 5.98. The molecule has 0 spiro atoms. The summed E-state index contributed by atoms with van der Waals surface area (Å²) in [5, 5.41) is 10.9. The maximum Gasteiger partial charge on any atom is 0.338 e. The number of aromatic nitrogens is 5. The first-order valence-electron chi connectivity index (χ1n) is 8.32. The lowest BCUT2D eigenvalue weighted by Crippen LogP contribution is -2.15. The number of carbonyl (C=O) groups is 2. The SMILES string of the molecule is C=CCn1c(C)cc(C(=O)COC(=O)c2ccc(-n3cnnn3)cc2)c1C. The Labute approximate surface area is 156 Å². The zero-order chi connectivity index (χ0) is 19.4. The first kappa shape index (κ1) is 18.2. The van der Waals surface area contributed by atoms with Crippen LogP contribution in [0.5, 0.6) is 0 Å². The number of hydrogen-bond acceptors (Lipinski definition) is 6. The van der Waals surface area contributed by atoms with Gasteiger partial charge >= 0.3 is 5.97 Å². The van der Waals surface area contributed by atoms with Crippen LogP contribution in [0.15, 0.2) is 49.3 Å². The molecule has 0 aliphatic rings. The second kappa shape index (κ2) is 7.77. The van der Waals surface area contributed by atoms with Crippen LogP contribution in [0, 0.1) is 13.8 Å². The van der Waals surface area contributed by atoms with Crippen LogP contribution in [0.3, 0.4) is 0 Å². The number of tetrazole rings is 1. The monoisotopic (exact) mass is 365 g/mol. The third-order valence-corrected chi connectivity index (χ3v) is 4.24. The lowest BCUT2D eigenvalue weighted by Gasteiger charge is -2.07. The molecule has 0 fully saturated rings. The number of esters is 1. The Bertz CT molecular complexity index is 972. The van der Waals surface area contributed by atoms with Crippen molar-refractivity contribution in [2.24, 2.45) is 0 Å². The highest BCUT2D eigenvalue weighted by Gasteiger charge is 2.17. The zero-order valence-corrected chi connectivity index (χ0v) is 15.1. The van der Waals surface area contributed by atoms with E-state index < -0.39 is 5.97 Å². The van der Waals surface area contributed by atoms with Crippen molar-refractivity contribution >= 4 is 11.8 Å². The molecule has 0 N–H and O–H groups in total. The van der Waals surface area contributed by atoms with Gasteiger partial charge in [0.1, 0.15) is 6.33 Å². The van der Waals surface area contributed by atoms with Gasteiger partial charge < -0.3 is 9.30 Å². The average molecular weight is 365 g/mol. The minimum Gasteiger partial charge on any atom is -0.454 e. The fourth-order valence-corrected chi connectivity index (χ4v) is 2.82. The summed E-state index contributed by atoms with van der Waals surface area (Å²) in [6.45, 7) is 7.82. The van der Waals surface area contributed by atoms with Crippen LogP contribution >= 0.6 is 0 Å². The van der Waals surface area contributed by atoms with Gasteiger partial charge in [0.25, 0.3) is 0 Å². The van der Waals surface area contributed by atoms with E-state index in [2.05, 4.69) is 22.1 Å². The fraction of sp³-hybridized carbons (Fsp3) is 0.211. The van der Waals surface area contributed by atoms with E-state index in [9.17, 15) is 9.59 Å². The quantitative estimate of drug-likeness (QED) is 0.362. The summed E-state index contributed by atoms with van der Waals surface area (Å²) in [6, 6.07) is 8.38. The van der Waals surface area contributed by atoms with E-state index in [4.69, 9.17) is 4.74 Å². The lowest BCUT2D eigenvalue weighted by atomic mass is 10.1. The van der Waals surface area contributed by atoms with Gasteiger partial charge in [0.15, 0.2) is 6.61 Å². The van der Waals surface area contributed by atoms with Crippen LogP contribution in [0.4, 0.5) is 0 Å². The zero-order valence-electron chi connectivity index (χ0n) is 15.1. The van der Waals surface area contributed by atoms with Gasteiger partial charge in [0.2, 0.25) is 5.78 Å². The normalized spacial score (nSPS) is 10.6. The van der Waals surface area contributed by atoms with Gasteiger partial charge in [-0.15, -0.1) is 11.7 Å². The van der Waals surface area contributed by atoms with E-state index >= 15 is 0 Å². The molecule has 2 heterocycles. The van der Waals surface area contributed by atoms with Crippen molar-refractivity contribution in [3.63, 3.8) is 0 Å². The number of Topliss-reactive ketones (excluding diaryl/α,β-unsaturated/α-hetero) is 1. The molecule has 0 amide bonds. The first-order valence-corrected chi connectivity index (χ1v) is 8.32. The van der Waals surface area contributed by atoms with Gasteiger partial charge in [-0.3, -0.25) is 4.79 Å². The summed E-state index contributed by atoms with van der Waals surface area (Å²) in [5.74, 6) is -0.802. The second-order valence-electron chi connectivity index (χ2n) is 5.98. The molecular formula is C19H19N5O3. The van der Waals surface area contributed by atoms with E-state index in [-0.39, 0.29) is 12.4 Å². The van der Waals surface area contributed by atoms with Crippen molar-refractivity contribution in [3.05, 3.63) is 71.8 Å². The van der Waals surface area contributed by atoms with E-state index in [1.54, 1.807) is 36.4 Å². The van der Waals surface area contributed by atoms with Crippen LogP contribution in [-0.4, -0.2) is 43.1 Å². The molecule has 1 aromatic carbocycles. The maximum absolute atomic E-state index is 12.4.